The van der Waals surface area contributed by atoms with Crippen LogP contribution >= 0.6 is 0 Å². The second-order valence-corrected chi connectivity index (χ2v) is 11.7. The van der Waals surface area contributed by atoms with E-state index in [-0.39, 0.29) is 17.2 Å². The minimum atomic E-state index is -1.22. The van der Waals surface area contributed by atoms with E-state index in [1.54, 1.807) is 0 Å². The number of nitrogens with two attached hydrogens (primary N) is 1. The Bertz CT molecular complexity index is 1150. The number of nitrogens with one attached hydrogen (secondary N) is 2. The van der Waals surface area contributed by atoms with Gasteiger partial charge < -0.3 is 24.9 Å². The third-order valence-corrected chi connectivity index (χ3v) is 8.59. The summed E-state index contributed by atoms with van der Waals surface area (Å²) >= 11 is -1.22. The number of ether oxygens (including phenoxy) is 1. The van der Waals surface area contributed by atoms with Crippen LogP contribution in [0.25, 0.3) is 11.4 Å². The number of carbonyl (C=O) groups is 1. The van der Waals surface area contributed by atoms with Gasteiger partial charge in [-0.3, -0.25) is 15.1 Å². The van der Waals surface area contributed by atoms with Crippen LogP contribution in [-0.4, -0.2) is 73.6 Å². The highest BCUT2D eigenvalue weighted by Gasteiger charge is 2.38. The van der Waals surface area contributed by atoms with Crippen LogP contribution in [0.15, 0.2) is 34.3 Å². The topological polar surface area (TPSA) is 145 Å². The Morgan fingerprint density at radius 2 is 2.08 bits per heavy atom. The van der Waals surface area contributed by atoms with Crippen molar-refractivity contribution in [1.29, 1.82) is 5.41 Å². The first-order valence-electron chi connectivity index (χ1n) is 12.3. The van der Waals surface area contributed by atoms with E-state index >= 15 is 0 Å². The molecule has 1 atom stereocenters. The summed E-state index contributed by atoms with van der Waals surface area (Å²) in [4.78, 5) is 23.6. The van der Waals surface area contributed by atoms with Gasteiger partial charge >= 0.3 is 0 Å². The van der Waals surface area contributed by atoms with E-state index in [1.165, 1.54) is 0 Å². The molecule has 1 aromatic heterocycles. The first-order chi connectivity index (χ1) is 17.1. The van der Waals surface area contributed by atoms with Crippen LogP contribution in [0, 0.1) is 5.41 Å². The van der Waals surface area contributed by atoms with Crippen LogP contribution in [-0.2, 0) is 22.5 Å². The fraction of sp³-hybridized carbons (Fsp3) is 0.520. The van der Waals surface area contributed by atoms with Crippen LogP contribution in [0.3, 0.4) is 0 Å². The van der Waals surface area contributed by atoms with Crippen molar-refractivity contribution in [2.45, 2.75) is 68.8 Å². The van der Waals surface area contributed by atoms with Crippen LogP contribution in [0.5, 0.6) is 5.75 Å². The predicted octanol–water partition coefficient (Wildman–Crippen LogP) is 2.13. The number of imidazole rings is 1. The average molecular weight is 514 g/mol. The van der Waals surface area contributed by atoms with E-state index in [1.807, 2.05) is 56.7 Å². The summed E-state index contributed by atoms with van der Waals surface area (Å²) < 4.78 is 21.5. The molecule has 1 aromatic carbocycles. The third-order valence-electron chi connectivity index (χ3n) is 6.79. The van der Waals surface area contributed by atoms with Crippen molar-refractivity contribution < 1.29 is 14.1 Å². The quantitative estimate of drug-likeness (QED) is 0.294. The van der Waals surface area contributed by atoms with Gasteiger partial charge in [-0.25, -0.2) is 9.98 Å². The first kappa shape index (κ1) is 26.2. The van der Waals surface area contributed by atoms with Crippen molar-refractivity contribution in [3.63, 3.8) is 0 Å². The van der Waals surface area contributed by atoms with E-state index in [9.17, 15) is 9.35 Å². The number of amidine groups is 1. The van der Waals surface area contributed by atoms with Gasteiger partial charge in [0, 0.05) is 44.2 Å². The zero-order valence-corrected chi connectivity index (χ0v) is 22.1. The summed E-state index contributed by atoms with van der Waals surface area (Å²) in [6, 6.07) is 5.80. The van der Waals surface area contributed by atoms with Crippen molar-refractivity contribution in [3.8, 4) is 17.1 Å². The number of amides is 1. The van der Waals surface area contributed by atoms with Gasteiger partial charge in [0.2, 0.25) is 5.91 Å². The van der Waals surface area contributed by atoms with E-state index in [2.05, 4.69) is 15.2 Å². The lowest BCUT2D eigenvalue weighted by Gasteiger charge is -2.40. The van der Waals surface area contributed by atoms with Gasteiger partial charge in [0.25, 0.3) is 0 Å². The lowest BCUT2D eigenvalue weighted by Crippen LogP contribution is -2.56. The van der Waals surface area contributed by atoms with Crippen LogP contribution in [0.2, 0.25) is 0 Å². The lowest BCUT2D eigenvalue weighted by atomic mass is 9.98. The number of piperidine rings is 1. The number of aromatic nitrogens is 2. The summed E-state index contributed by atoms with van der Waals surface area (Å²) in [7, 11) is 0. The Morgan fingerprint density at radius 1 is 1.36 bits per heavy atom. The summed E-state index contributed by atoms with van der Waals surface area (Å²) in [5.74, 6) is 1.61. The molecular formula is C25H35N7O3S. The number of benzene rings is 1. The maximum atomic E-state index is 13.6. The standard InChI is InChI=1S/C25H35N7O3S/c1-16(2)29-22(28-15-26)20-14-31-11-12-35-21-6-5-18(13-19(21)23(31)30-20)36(34)17-7-9-32(10-8-17)25(3,4)24(27)33/h5-6,13-17H,7-12H2,1-4H3,(H2,27,33)(H2,26,28,29). The maximum Gasteiger partial charge on any atom is 0.237 e. The van der Waals surface area contributed by atoms with E-state index in [4.69, 9.17) is 20.9 Å². The van der Waals surface area contributed by atoms with Gasteiger partial charge in [-0.15, -0.1) is 0 Å². The molecule has 10 nitrogen and oxygen atoms in total. The monoisotopic (exact) mass is 513 g/mol. The Hall–Kier alpha value is -2.89. The second-order valence-electron chi connectivity index (χ2n) is 9.96. The molecule has 0 saturated carbocycles. The fourth-order valence-corrected chi connectivity index (χ4v) is 6.06. The third kappa shape index (κ3) is 5.28. The molecule has 4 N–H and O–H groups in total. The molecule has 3 heterocycles. The lowest BCUT2D eigenvalue weighted by molar-refractivity contribution is -0.128. The molecule has 1 unspecified atom stereocenters. The number of carbonyl (C=O) groups excluding carboxylic acids is 1. The zero-order chi connectivity index (χ0) is 26.0. The minimum Gasteiger partial charge on any atom is -0.611 e. The molecule has 1 amide bonds. The molecule has 0 radical (unpaired) electrons. The summed E-state index contributed by atoms with van der Waals surface area (Å²) in [6.45, 7) is 10.1. The Balaban J connectivity index is 1.59. The molecule has 4 rings (SSSR count). The second kappa shape index (κ2) is 10.6. The molecule has 2 aliphatic rings. The molecule has 0 aliphatic carbocycles. The highest BCUT2D eigenvalue weighted by molar-refractivity contribution is 7.92. The number of aliphatic imine (C=N–C) groups is 1. The van der Waals surface area contributed by atoms with Crippen molar-refractivity contribution in [3.05, 3.63) is 30.1 Å². The fourth-order valence-electron chi connectivity index (χ4n) is 4.60. The molecule has 11 heteroatoms. The van der Waals surface area contributed by atoms with Gasteiger partial charge in [0.1, 0.15) is 35.5 Å². The van der Waals surface area contributed by atoms with E-state index in [0.717, 1.165) is 35.5 Å². The first-order valence-corrected chi connectivity index (χ1v) is 13.5. The molecule has 36 heavy (non-hydrogen) atoms. The van der Waals surface area contributed by atoms with E-state index < -0.39 is 16.7 Å². The Kier molecular flexibility index (Phi) is 7.72. The average Bonchev–Trinajstić information content (AvgIpc) is 3.19. The SMILES string of the molecule is CC(C)N/C(=N\C=N)c1cn2c(n1)-c1cc([S+]([O-])C3CCN(C(C)(C)C(N)=O)CC3)ccc1OCC2. The van der Waals surface area contributed by atoms with Crippen LogP contribution in [0.4, 0.5) is 0 Å². The number of nitrogens with zero attached hydrogens (tertiary/aromatic N) is 4. The normalized spacial score (nSPS) is 18.1. The summed E-state index contributed by atoms with van der Waals surface area (Å²) in [6.07, 6.45) is 4.36. The molecular weight excluding hydrogens is 478 g/mol. The molecule has 2 aromatic rings. The van der Waals surface area contributed by atoms with Crippen LogP contribution in [0.1, 0.15) is 46.2 Å². The smallest absolute Gasteiger partial charge is 0.237 e. The largest absolute Gasteiger partial charge is 0.611 e. The Labute approximate surface area is 215 Å². The number of primary amides is 1. The van der Waals surface area contributed by atoms with Crippen molar-refractivity contribution in [2.75, 3.05) is 19.7 Å². The highest BCUT2D eigenvalue weighted by atomic mass is 32.2. The summed E-state index contributed by atoms with van der Waals surface area (Å²) in [5, 5.41) is 10.7. The van der Waals surface area contributed by atoms with Gasteiger partial charge in [-0.1, -0.05) is 0 Å². The van der Waals surface area contributed by atoms with Gasteiger partial charge in [-0.05, 0) is 51.0 Å². The number of rotatable bonds is 7. The molecule has 1 fully saturated rings. The molecule has 0 spiro atoms. The zero-order valence-electron chi connectivity index (χ0n) is 21.3. The van der Waals surface area contributed by atoms with E-state index in [0.29, 0.717) is 43.5 Å². The molecule has 2 aliphatic heterocycles. The Morgan fingerprint density at radius 3 is 2.72 bits per heavy atom. The molecule has 194 valence electrons. The highest BCUT2D eigenvalue weighted by Crippen LogP contribution is 2.36. The van der Waals surface area contributed by atoms with Gasteiger partial charge in [0.05, 0.1) is 17.6 Å². The minimum absolute atomic E-state index is 0.00783. The van der Waals surface area contributed by atoms with Gasteiger partial charge in [-0.2, -0.15) is 0 Å². The molecule has 1 saturated heterocycles. The maximum absolute atomic E-state index is 13.6. The van der Waals surface area contributed by atoms with Crippen LogP contribution < -0.4 is 15.8 Å². The number of likely N-dealkylation sites (tertiary alicyclic amines) is 1. The predicted molar refractivity (Wildman–Crippen MR) is 141 cm³/mol. The van der Waals surface area contributed by atoms with Gasteiger partial charge in [0.15, 0.2) is 10.7 Å². The number of fused-ring (bicyclic) bond motifs is 3. The van der Waals surface area contributed by atoms with Crippen molar-refractivity contribution >= 4 is 29.3 Å². The summed E-state index contributed by atoms with van der Waals surface area (Å²) in [5.41, 5.74) is 6.30. The van der Waals surface area contributed by atoms with Crippen molar-refractivity contribution in [1.82, 2.24) is 19.8 Å². The molecule has 0 bridgehead atoms. The number of hydrogen-bond donors (Lipinski definition) is 3. The number of hydrogen-bond acceptors (Lipinski definition) is 6. The van der Waals surface area contributed by atoms with Crippen molar-refractivity contribution in [2.24, 2.45) is 10.7 Å².